The molecule has 21 heavy (non-hydrogen) atoms. The number of aromatic amines is 1. The summed E-state index contributed by atoms with van der Waals surface area (Å²) in [7, 11) is 0. The predicted molar refractivity (Wildman–Crippen MR) is 75.1 cm³/mol. The number of hydrogen-bond acceptors (Lipinski definition) is 4. The highest BCUT2D eigenvalue weighted by atomic mass is 35.5. The van der Waals surface area contributed by atoms with Crippen LogP contribution in [0.2, 0.25) is 5.02 Å². The van der Waals surface area contributed by atoms with Crippen molar-refractivity contribution in [3.05, 3.63) is 16.9 Å². The lowest BCUT2D eigenvalue weighted by atomic mass is 9.73. The number of aliphatic hydroxyl groups excluding tert-OH is 1. The highest BCUT2D eigenvalue weighted by molar-refractivity contribution is 6.33. The van der Waals surface area contributed by atoms with Gasteiger partial charge >= 0.3 is 5.97 Å². The standard InChI is InChI=1S/C13H18ClN3O4/c1-2-3-13(12(20)21)4-5-17(7-9(13)18)11(19)10-8(14)6-15-16-10/h6,9,18H,2-5,7H2,1H3,(H,15,16)(H,20,21)/t9-,13-/m0/s1. The number of hydrogen-bond donors (Lipinski definition) is 3. The first-order chi connectivity index (χ1) is 9.92. The van der Waals surface area contributed by atoms with Gasteiger partial charge in [0.1, 0.15) is 5.69 Å². The number of amides is 1. The van der Waals surface area contributed by atoms with Crippen LogP contribution in [0.15, 0.2) is 6.20 Å². The molecule has 0 saturated carbocycles. The maximum Gasteiger partial charge on any atom is 0.312 e. The number of carbonyl (C=O) groups excluding carboxylic acids is 1. The highest BCUT2D eigenvalue weighted by Gasteiger charge is 2.48. The fraction of sp³-hybridized carbons (Fsp3) is 0.615. The fourth-order valence-corrected chi connectivity index (χ4v) is 3.01. The smallest absolute Gasteiger partial charge is 0.312 e. The second kappa shape index (κ2) is 6.03. The number of H-pyrrole nitrogens is 1. The van der Waals surface area contributed by atoms with Crippen molar-refractivity contribution in [3.8, 4) is 0 Å². The molecule has 0 aliphatic carbocycles. The molecule has 3 N–H and O–H groups in total. The Balaban J connectivity index is 2.15. The number of nitrogens with one attached hydrogen (secondary N) is 1. The van der Waals surface area contributed by atoms with Gasteiger partial charge in [0, 0.05) is 13.1 Å². The number of rotatable bonds is 4. The summed E-state index contributed by atoms with van der Waals surface area (Å²) in [6.45, 7) is 2.11. The minimum atomic E-state index is -1.18. The van der Waals surface area contributed by atoms with Gasteiger partial charge in [0.15, 0.2) is 0 Å². The lowest BCUT2D eigenvalue weighted by molar-refractivity contribution is -0.162. The molecule has 0 bridgehead atoms. The van der Waals surface area contributed by atoms with Gasteiger partial charge in [-0.1, -0.05) is 24.9 Å². The molecule has 8 heteroatoms. The zero-order chi connectivity index (χ0) is 15.6. The minimum Gasteiger partial charge on any atom is -0.481 e. The van der Waals surface area contributed by atoms with Crippen LogP contribution in [0, 0.1) is 5.41 Å². The Bertz CT molecular complexity index is 547. The van der Waals surface area contributed by atoms with E-state index in [1.165, 1.54) is 11.1 Å². The normalized spacial score (nSPS) is 25.9. The highest BCUT2D eigenvalue weighted by Crippen LogP contribution is 2.37. The Kier molecular flexibility index (Phi) is 4.53. The number of carbonyl (C=O) groups is 2. The van der Waals surface area contributed by atoms with Gasteiger partial charge in [0.25, 0.3) is 5.91 Å². The van der Waals surface area contributed by atoms with Crippen molar-refractivity contribution in [3.63, 3.8) is 0 Å². The number of carboxylic acids is 1. The van der Waals surface area contributed by atoms with Gasteiger partial charge in [-0.2, -0.15) is 5.10 Å². The van der Waals surface area contributed by atoms with Gasteiger partial charge in [0.05, 0.1) is 22.7 Å². The molecule has 1 aliphatic rings. The Hall–Kier alpha value is -1.60. The molecule has 7 nitrogen and oxygen atoms in total. The molecule has 0 radical (unpaired) electrons. The number of likely N-dealkylation sites (tertiary alicyclic amines) is 1. The van der Waals surface area contributed by atoms with Crippen molar-refractivity contribution in [2.24, 2.45) is 5.41 Å². The van der Waals surface area contributed by atoms with Gasteiger partial charge in [-0.3, -0.25) is 14.7 Å². The van der Waals surface area contributed by atoms with Crippen LogP contribution in [-0.4, -0.2) is 56.4 Å². The van der Waals surface area contributed by atoms with Gasteiger partial charge in [-0.25, -0.2) is 0 Å². The van der Waals surface area contributed by atoms with Crippen molar-refractivity contribution < 1.29 is 19.8 Å². The number of aromatic nitrogens is 2. The van der Waals surface area contributed by atoms with Crippen molar-refractivity contribution in [1.82, 2.24) is 15.1 Å². The molecule has 1 fully saturated rings. The molecule has 0 spiro atoms. The molecule has 2 rings (SSSR count). The third-order valence-corrected chi connectivity index (χ3v) is 4.36. The lowest BCUT2D eigenvalue weighted by Gasteiger charge is -2.42. The van der Waals surface area contributed by atoms with Crippen molar-refractivity contribution >= 4 is 23.5 Å². The van der Waals surface area contributed by atoms with Crippen molar-refractivity contribution in [2.45, 2.75) is 32.3 Å². The Morgan fingerprint density at radius 1 is 1.62 bits per heavy atom. The van der Waals surface area contributed by atoms with E-state index in [0.717, 1.165) is 0 Å². The van der Waals surface area contributed by atoms with E-state index in [-0.39, 0.29) is 36.1 Å². The first kappa shape index (κ1) is 15.8. The maximum absolute atomic E-state index is 12.3. The zero-order valence-electron chi connectivity index (χ0n) is 11.7. The van der Waals surface area contributed by atoms with E-state index in [2.05, 4.69) is 10.2 Å². The van der Waals surface area contributed by atoms with E-state index >= 15 is 0 Å². The first-order valence-corrected chi connectivity index (χ1v) is 7.19. The second-order valence-electron chi connectivity index (χ2n) is 5.32. The topological polar surface area (TPSA) is 107 Å². The van der Waals surface area contributed by atoms with Crippen LogP contribution < -0.4 is 0 Å². The number of piperidine rings is 1. The summed E-state index contributed by atoms with van der Waals surface area (Å²) in [5.41, 5.74) is -1.02. The first-order valence-electron chi connectivity index (χ1n) is 6.82. The largest absolute Gasteiger partial charge is 0.481 e. The summed E-state index contributed by atoms with van der Waals surface area (Å²) in [6, 6.07) is 0. The summed E-state index contributed by atoms with van der Waals surface area (Å²) >= 11 is 5.85. The molecule has 1 aromatic heterocycles. The molecule has 1 aliphatic heterocycles. The molecule has 1 aromatic rings. The van der Waals surface area contributed by atoms with Crippen LogP contribution in [0.5, 0.6) is 0 Å². The number of β-amino-alcohol motifs (C(OH)–C–C–N with tert-alkyl or cyclic N) is 1. The Labute approximate surface area is 126 Å². The summed E-state index contributed by atoms with van der Waals surface area (Å²) in [5.74, 6) is -1.39. The lowest BCUT2D eigenvalue weighted by Crippen LogP contribution is -2.56. The van der Waals surface area contributed by atoms with Crippen LogP contribution in [-0.2, 0) is 4.79 Å². The van der Waals surface area contributed by atoms with Gasteiger partial charge < -0.3 is 15.1 Å². The fourth-order valence-electron chi connectivity index (χ4n) is 2.83. The summed E-state index contributed by atoms with van der Waals surface area (Å²) in [4.78, 5) is 25.2. The van der Waals surface area contributed by atoms with E-state index in [4.69, 9.17) is 11.6 Å². The Morgan fingerprint density at radius 3 is 2.81 bits per heavy atom. The molecule has 0 aromatic carbocycles. The average molecular weight is 316 g/mol. The second-order valence-corrected chi connectivity index (χ2v) is 5.73. The van der Waals surface area contributed by atoms with Crippen LogP contribution in [0.25, 0.3) is 0 Å². The molecule has 2 atom stereocenters. The minimum absolute atomic E-state index is 0.0273. The van der Waals surface area contributed by atoms with E-state index in [9.17, 15) is 19.8 Å². The van der Waals surface area contributed by atoms with E-state index < -0.39 is 17.5 Å². The number of nitrogens with zero attached hydrogens (tertiary/aromatic N) is 2. The monoisotopic (exact) mass is 315 g/mol. The molecule has 116 valence electrons. The third-order valence-electron chi connectivity index (χ3n) is 4.08. The van der Waals surface area contributed by atoms with E-state index in [0.29, 0.717) is 12.8 Å². The van der Waals surface area contributed by atoms with Crippen molar-refractivity contribution in [1.29, 1.82) is 0 Å². The molecule has 0 unspecified atom stereocenters. The summed E-state index contributed by atoms with van der Waals surface area (Å²) < 4.78 is 0. The quantitative estimate of drug-likeness (QED) is 0.772. The maximum atomic E-state index is 12.3. The Morgan fingerprint density at radius 2 is 2.33 bits per heavy atom. The molecular formula is C13H18ClN3O4. The van der Waals surface area contributed by atoms with E-state index in [1.807, 2.05) is 6.92 Å². The zero-order valence-corrected chi connectivity index (χ0v) is 12.4. The molecule has 1 amide bonds. The number of carboxylic acid groups (broad SMARTS) is 1. The van der Waals surface area contributed by atoms with Crippen molar-refractivity contribution in [2.75, 3.05) is 13.1 Å². The number of aliphatic carboxylic acids is 1. The van der Waals surface area contributed by atoms with Crippen LogP contribution in [0.4, 0.5) is 0 Å². The third kappa shape index (κ3) is 2.75. The van der Waals surface area contributed by atoms with E-state index in [1.54, 1.807) is 0 Å². The van der Waals surface area contributed by atoms with Gasteiger partial charge in [-0.15, -0.1) is 0 Å². The van der Waals surface area contributed by atoms with Gasteiger partial charge in [0.2, 0.25) is 0 Å². The van der Waals surface area contributed by atoms with Crippen LogP contribution in [0.1, 0.15) is 36.7 Å². The average Bonchev–Trinajstić information content (AvgIpc) is 2.86. The molecular weight excluding hydrogens is 298 g/mol. The summed E-state index contributed by atoms with van der Waals surface area (Å²) in [5, 5.41) is 26.1. The predicted octanol–water partition coefficient (Wildman–Crippen LogP) is 1.14. The van der Waals surface area contributed by atoms with Gasteiger partial charge in [-0.05, 0) is 12.8 Å². The molecule has 2 heterocycles. The van der Waals surface area contributed by atoms with Crippen LogP contribution in [0.3, 0.4) is 0 Å². The summed E-state index contributed by atoms with van der Waals surface area (Å²) in [6.07, 6.45) is 1.48. The molecule has 1 saturated heterocycles. The van der Waals surface area contributed by atoms with Crippen LogP contribution >= 0.6 is 11.6 Å². The number of aliphatic hydroxyl groups is 1. The SMILES string of the molecule is CCC[C@]1(C(=O)O)CCN(C(=O)c2[nH]ncc2Cl)C[C@@H]1O. The number of halogens is 1.